The van der Waals surface area contributed by atoms with Crippen molar-refractivity contribution >= 4 is 17.2 Å². The molecule has 7 nitrogen and oxygen atoms in total. The molecular weight excluding hydrogens is 354 g/mol. The van der Waals surface area contributed by atoms with E-state index in [2.05, 4.69) is 5.32 Å². The molecule has 2 rings (SSSR count). The Morgan fingerprint density at radius 3 is 2.21 bits per heavy atom. The Balaban J connectivity index is 2.85. The molecule has 0 bridgehead atoms. The number of esters is 1. The topological polar surface area (TPSA) is 113 Å². The van der Waals surface area contributed by atoms with Crippen molar-refractivity contribution in [3.05, 3.63) is 57.9 Å². The third-order valence-electron chi connectivity index (χ3n) is 4.17. The fourth-order valence-electron chi connectivity index (χ4n) is 2.86. The average Bonchev–Trinajstić information content (AvgIpc) is 2.68. The molecule has 0 saturated carbocycles. The predicted octanol–water partition coefficient (Wildman–Crippen LogP) is 2.77. The maximum atomic E-state index is 12.6. The first-order valence-electron chi connectivity index (χ1n) is 8.51. The van der Waals surface area contributed by atoms with Gasteiger partial charge in [0.05, 0.1) is 23.5 Å². The van der Waals surface area contributed by atoms with Crippen molar-refractivity contribution < 1.29 is 9.53 Å². The summed E-state index contributed by atoms with van der Waals surface area (Å²) in [4.78, 5) is 14.6. The van der Waals surface area contributed by atoms with E-state index in [0.717, 1.165) is 5.69 Å². The van der Waals surface area contributed by atoms with Gasteiger partial charge in [0.15, 0.2) is 5.57 Å². The Morgan fingerprint density at radius 2 is 1.75 bits per heavy atom. The number of allylic oxidation sites excluding steroid dienone is 3. The molecule has 1 heterocycles. The van der Waals surface area contributed by atoms with Crippen LogP contribution < -0.4 is 10.2 Å². The smallest absolute Gasteiger partial charge is 0.340 e. The van der Waals surface area contributed by atoms with Crippen LogP contribution in [0.1, 0.15) is 19.4 Å². The van der Waals surface area contributed by atoms with Gasteiger partial charge < -0.3 is 15.0 Å². The number of carbonyl (C=O) groups excluding carboxylic acids is 1. The number of anilines is 1. The Kier molecular flexibility index (Phi) is 6.22. The fraction of sp³-hybridized carbons (Fsp3) is 0.238. The average molecular weight is 373 g/mol. The van der Waals surface area contributed by atoms with Crippen LogP contribution in [0.3, 0.4) is 0 Å². The van der Waals surface area contributed by atoms with Crippen LogP contribution in [0.15, 0.2) is 52.4 Å². The van der Waals surface area contributed by atoms with Gasteiger partial charge in [0, 0.05) is 31.1 Å². The van der Waals surface area contributed by atoms with Gasteiger partial charge in [-0.2, -0.15) is 15.8 Å². The minimum Gasteiger partial charge on any atom is -0.462 e. The summed E-state index contributed by atoms with van der Waals surface area (Å²) < 4.78 is 5.17. The zero-order valence-electron chi connectivity index (χ0n) is 16.1. The first-order chi connectivity index (χ1) is 13.4. The summed E-state index contributed by atoms with van der Waals surface area (Å²) in [5.74, 6) is -0.582. The maximum absolute atomic E-state index is 12.6. The van der Waals surface area contributed by atoms with Gasteiger partial charge in [0.2, 0.25) is 0 Å². The van der Waals surface area contributed by atoms with Gasteiger partial charge in [0.25, 0.3) is 0 Å². The second kappa shape index (κ2) is 8.58. The summed E-state index contributed by atoms with van der Waals surface area (Å²) in [5, 5.41) is 31.2. The molecule has 0 radical (unpaired) electrons. The summed E-state index contributed by atoms with van der Waals surface area (Å²) in [6.07, 6.45) is 0. The van der Waals surface area contributed by atoms with Crippen molar-refractivity contribution in [2.45, 2.75) is 13.8 Å². The van der Waals surface area contributed by atoms with E-state index in [4.69, 9.17) is 4.74 Å². The number of hydrogen-bond acceptors (Lipinski definition) is 7. The molecule has 1 N–H and O–H groups in total. The molecular formula is C21H19N5O2. The predicted molar refractivity (Wildman–Crippen MR) is 104 cm³/mol. The Hall–Kier alpha value is -4.02. The molecule has 1 aliphatic heterocycles. The maximum Gasteiger partial charge on any atom is 0.340 e. The summed E-state index contributed by atoms with van der Waals surface area (Å²) in [7, 11) is 3.81. The second-order valence-corrected chi connectivity index (χ2v) is 6.12. The lowest BCUT2D eigenvalue weighted by atomic mass is 9.86. The highest BCUT2D eigenvalue weighted by atomic mass is 16.5. The number of ether oxygens (including phenoxy) is 1. The summed E-state index contributed by atoms with van der Waals surface area (Å²) in [5.41, 5.74) is 2.40. The third kappa shape index (κ3) is 3.72. The summed E-state index contributed by atoms with van der Waals surface area (Å²) >= 11 is 0. The lowest BCUT2D eigenvalue weighted by Crippen LogP contribution is -2.26. The normalized spacial score (nSPS) is 13.1. The number of carbonyl (C=O) groups is 1. The van der Waals surface area contributed by atoms with Gasteiger partial charge in [-0.3, -0.25) is 0 Å². The van der Waals surface area contributed by atoms with Gasteiger partial charge >= 0.3 is 5.97 Å². The molecule has 0 unspecified atom stereocenters. The molecule has 0 amide bonds. The summed E-state index contributed by atoms with van der Waals surface area (Å²) in [6.45, 7) is 3.51. The van der Waals surface area contributed by atoms with E-state index in [1.54, 1.807) is 38.1 Å². The summed E-state index contributed by atoms with van der Waals surface area (Å²) in [6, 6.07) is 12.9. The van der Waals surface area contributed by atoms with Crippen molar-refractivity contribution in [3.8, 4) is 18.2 Å². The monoisotopic (exact) mass is 373 g/mol. The molecule has 0 aliphatic carbocycles. The number of hydrogen-bond donors (Lipinski definition) is 1. The molecule has 0 aromatic heterocycles. The Labute approximate surface area is 164 Å². The molecule has 7 heteroatoms. The van der Waals surface area contributed by atoms with Crippen LogP contribution in [0.4, 0.5) is 5.69 Å². The van der Waals surface area contributed by atoms with E-state index >= 15 is 0 Å². The van der Waals surface area contributed by atoms with Gasteiger partial charge in [-0.25, -0.2) is 4.79 Å². The zero-order valence-corrected chi connectivity index (χ0v) is 16.1. The number of rotatable bonds is 4. The molecule has 0 saturated heterocycles. The van der Waals surface area contributed by atoms with Gasteiger partial charge in [-0.1, -0.05) is 12.1 Å². The van der Waals surface area contributed by atoms with E-state index in [-0.39, 0.29) is 29.0 Å². The first-order valence-corrected chi connectivity index (χ1v) is 8.51. The van der Waals surface area contributed by atoms with Gasteiger partial charge in [0.1, 0.15) is 18.2 Å². The van der Waals surface area contributed by atoms with Gasteiger partial charge in [-0.05, 0) is 31.5 Å². The van der Waals surface area contributed by atoms with Crippen molar-refractivity contribution in [3.63, 3.8) is 0 Å². The number of dihydropyridines is 1. The molecule has 0 atom stereocenters. The van der Waals surface area contributed by atoms with Crippen LogP contribution in [-0.4, -0.2) is 26.7 Å². The third-order valence-corrected chi connectivity index (χ3v) is 4.17. The van der Waals surface area contributed by atoms with Gasteiger partial charge in [-0.15, -0.1) is 0 Å². The molecule has 0 spiro atoms. The van der Waals surface area contributed by atoms with Crippen LogP contribution in [0.2, 0.25) is 0 Å². The molecule has 140 valence electrons. The van der Waals surface area contributed by atoms with Crippen molar-refractivity contribution in [2.24, 2.45) is 0 Å². The van der Waals surface area contributed by atoms with E-state index in [1.807, 2.05) is 37.2 Å². The quantitative estimate of drug-likeness (QED) is 0.638. The fourth-order valence-corrected chi connectivity index (χ4v) is 2.86. The van der Waals surface area contributed by atoms with Crippen LogP contribution in [-0.2, 0) is 9.53 Å². The van der Waals surface area contributed by atoms with Crippen LogP contribution >= 0.6 is 0 Å². The Bertz CT molecular complexity index is 1010. The highest BCUT2D eigenvalue weighted by Crippen LogP contribution is 2.37. The first kappa shape index (κ1) is 20.3. The van der Waals surface area contributed by atoms with Crippen molar-refractivity contribution in [2.75, 3.05) is 25.6 Å². The molecule has 1 aromatic carbocycles. The van der Waals surface area contributed by atoms with E-state index < -0.39 is 5.97 Å². The van der Waals surface area contributed by atoms with E-state index in [1.165, 1.54) is 0 Å². The second-order valence-electron chi connectivity index (χ2n) is 6.12. The lowest BCUT2D eigenvalue weighted by molar-refractivity contribution is -0.138. The number of benzene rings is 1. The number of nitrogens with one attached hydrogen (secondary N) is 1. The van der Waals surface area contributed by atoms with Crippen molar-refractivity contribution in [1.82, 2.24) is 5.32 Å². The molecule has 0 fully saturated rings. The number of nitrogens with zero attached hydrogens (tertiary/aromatic N) is 4. The zero-order chi connectivity index (χ0) is 20.8. The molecule has 1 aliphatic rings. The van der Waals surface area contributed by atoms with Crippen LogP contribution in [0, 0.1) is 34.0 Å². The lowest BCUT2D eigenvalue weighted by Gasteiger charge is -2.25. The minimum atomic E-state index is -0.582. The standard InChI is InChI=1S/C21H19N5O2/c1-5-28-21(27)18-13(2)25-20(15(10-22)11-23)17(12-24)19(18)14-6-8-16(9-7-14)26(3)4/h6-9,25H,5H2,1-4H3. The molecule has 28 heavy (non-hydrogen) atoms. The SMILES string of the molecule is CCOC(=O)C1=C(C)NC(=C(C#N)C#N)C(C#N)=C1c1ccc(N(C)C)cc1. The van der Waals surface area contributed by atoms with E-state index in [9.17, 15) is 20.6 Å². The van der Waals surface area contributed by atoms with Crippen LogP contribution in [0.5, 0.6) is 0 Å². The highest BCUT2D eigenvalue weighted by molar-refractivity contribution is 6.10. The Morgan fingerprint density at radius 1 is 1.14 bits per heavy atom. The van der Waals surface area contributed by atoms with E-state index in [0.29, 0.717) is 16.8 Å². The highest BCUT2D eigenvalue weighted by Gasteiger charge is 2.31. The minimum absolute atomic E-state index is 0.0457. The van der Waals surface area contributed by atoms with Crippen LogP contribution in [0.25, 0.3) is 5.57 Å². The number of nitriles is 3. The largest absolute Gasteiger partial charge is 0.462 e. The van der Waals surface area contributed by atoms with Crippen molar-refractivity contribution in [1.29, 1.82) is 15.8 Å². The molecule has 1 aromatic rings.